The van der Waals surface area contributed by atoms with Gasteiger partial charge in [0.05, 0.1) is 0 Å². The molecule has 0 spiro atoms. The maximum atomic E-state index is 11.0. The maximum absolute atomic E-state index is 11.0. The van der Waals surface area contributed by atoms with Crippen LogP contribution in [-0.2, 0) is 10.2 Å². The molecular formula is C7H17N3O2S. The molecule has 1 aliphatic carbocycles. The van der Waals surface area contributed by atoms with Crippen molar-refractivity contribution >= 4 is 10.2 Å². The second kappa shape index (κ2) is 4.36. The summed E-state index contributed by atoms with van der Waals surface area (Å²) >= 11 is 0. The molecule has 4 N–H and O–H groups in total. The Morgan fingerprint density at radius 2 is 2.15 bits per heavy atom. The molecule has 0 radical (unpaired) electrons. The molecule has 1 saturated carbocycles. The smallest absolute Gasteiger partial charge is 0.276 e. The lowest BCUT2D eigenvalue weighted by Gasteiger charge is -2.15. The van der Waals surface area contributed by atoms with Crippen LogP contribution < -0.4 is 15.2 Å². The van der Waals surface area contributed by atoms with E-state index in [0.29, 0.717) is 12.5 Å². The van der Waals surface area contributed by atoms with E-state index >= 15 is 0 Å². The summed E-state index contributed by atoms with van der Waals surface area (Å²) in [5.41, 5.74) is 5.79. The Hall–Kier alpha value is -0.170. The predicted octanol–water partition coefficient (Wildman–Crippen LogP) is -0.832. The summed E-state index contributed by atoms with van der Waals surface area (Å²) in [6, 6.07) is 0.152. The highest BCUT2D eigenvalue weighted by molar-refractivity contribution is 7.87. The molecule has 0 saturated heterocycles. The van der Waals surface area contributed by atoms with Crippen LogP contribution in [0.4, 0.5) is 0 Å². The van der Waals surface area contributed by atoms with Gasteiger partial charge >= 0.3 is 0 Å². The Kier molecular flexibility index (Phi) is 3.66. The highest BCUT2D eigenvalue weighted by Crippen LogP contribution is 2.22. The number of nitrogens with two attached hydrogens (primary N) is 1. The van der Waals surface area contributed by atoms with Crippen LogP contribution in [-0.4, -0.2) is 28.1 Å². The van der Waals surface area contributed by atoms with Crippen molar-refractivity contribution in [3.05, 3.63) is 0 Å². The van der Waals surface area contributed by atoms with Crippen molar-refractivity contribution in [3.8, 4) is 0 Å². The van der Waals surface area contributed by atoms with Crippen LogP contribution in [0.1, 0.15) is 19.3 Å². The summed E-state index contributed by atoms with van der Waals surface area (Å²) in [5.74, 6) is 0.295. The van der Waals surface area contributed by atoms with E-state index in [2.05, 4.69) is 9.44 Å². The third kappa shape index (κ3) is 3.22. The largest absolute Gasteiger partial charge is 0.327 e. The second-order valence-electron chi connectivity index (χ2n) is 3.41. The quantitative estimate of drug-likeness (QED) is 0.562. The van der Waals surface area contributed by atoms with Gasteiger partial charge in [0.25, 0.3) is 10.2 Å². The Bertz CT molecular complexity index is 252. The third-order valence-corrected chi connectivity index (χ3v) is 3.61. The molecule has 1 rings (SSSR count). The van der Waals surface area contributed by atoms with Gasteiger partial charge in [0.1, 0.15) is 0 Å². The van der Waals surface area contributed by atoms with Crippen LogP contribution >= 0.6 is 0 Å². The fourth-order valence-corrected chi connectivity index (χ4v) is 2.19. The summed E-state index contributed by atoms with van der Waals surface area (Å²) < 4.78 is 26.7. The second-order valence-corrected chi connectivity index (χ2v) is 5.11. The van der Waals surface area contributed by atoms with Gasteiger partial charge in [-0.15, -0.1) is 0 Å². The van der Waals surface area contributed by atoms with Gasteiger partial charge < -0.3 is 5.73 Å². The zero-order valence-corrected chi connectivity index (χ0v) is 8.60. The summed E-state index contributed by atoms with van der Waals surface area (Å²) in [6.45, 7) is 0.449. The predicted molar refractivity (Wildman–Crippen MR) is 51.3 cm³/mol. The number of hydrogen-bond donors (Lipinski definition) is 3. The molecular weight excluding hydrogens is 190 g/mol. The third-order valence-electron chi connectivity index (χ3n) is 2.52. The van der Waals surface area contributed by atoms with Crippen LogP contribution in [0.15, 0.2) is 0 Å². The molecule has 1 fully saturated rings. The first kappa shape index (κ1) is 10.9. The van der Waals surface area contributed by atoms with Crippen molar-refractivity contribution in [2.24, 2.45) is 11.7 Å². The molecule has 13 heavy (non-hydrogen) atoms. The average Bonchev–Trinajstić information content (AvgIpc) is 2.48. The zero-order chi connectivity index (χ0) is 9.90. The van der Waals surface area contributed by atoms with E-state index in [1.807, 2.05) is 0 Å². The molecule has 2 unspecified atom stereocenters. The molecule has 0 heterocycles. The van der Waals surface area contributed by atoms with Crippen LogP contribution in [0.25, 0.3) is 0 Å². The Labute approximate surface area is 79.3 Å². The lowest BCUT2D eigenvalue weighted by molar-refractivity contribution is 0.468. The van der Waals surface area contributed by atoms with Gasteiger partial charge in [-0.25, -0.2) is 9.44 Å². The van der Waals surface area contributed by atoms with Crippen molar-refractivity contribution in [2.75, 3.05) is 13.6 Å². The number of hydrogen-bond acceptors (Lipinski definition) is 3. The first-order chi connectivity index (χ1) is 6.05. The van der Waals surface area contributed by atoms with Gasteiger partial charge in [0, 0.05) is 19.6 Å². The molecule has 0 bridgehead atoms. The monoisotopic (exact) mass is 207 g/mol. The van der Waals surface area contributed by atoms with Crippen LogP contribution in [0, 0.1) is 5.92 Å². The summed E-state index contributed by atoms with van der Waals surface area (Å²) in [6.07, 6.45) is 3.13. The first-order valence-electron chi connectivity index (χ1n) is 4.49. The van der Waals surface area contributed by atoms with E-state index in [1.54, 1.807) is 0 Å². The fourth-order valence-electron chi connectivity index (χ4n) is 1.61. The van der Waals surface area contributed by atoms with Crippen LogP contribution in [0.3, 0.4) is 0 Å². The van der Waals surface area contributed by atoms with Crippen LogP contribution in [0.5, 0.6) is 0 Å². The number of nitrogens with one attached hydrogen (secondary N) is 2. The van der Waals surface area contributed by atoms with Crippen molar-refractivity contribution < 1.29 is 8.42 Å². The minimum Gasteiger partial charge on any atom is -0.327 e. The van der Waals surface area contributed by atoms with E-state index in [4.69, 9.17) is 5.73 Å². The molecule has 5 nitrogen and oxygen atoms in total. The molecule has 0 aromatic heterocycles. The van der Waals surface area contributed by atoms with Crippen molar-refractivity contribution in [2.45, 2.75) is 25.3 Å². The molecule has 1 aliphatic rings. The highest BCUT2D eigenvalue weighted by atomic mass is 32.2. The standard InChI is InChI=1S/C7H17N3O2S/c1-9-13(11,12)10-5-6-3-2-4-7(6)8/h6-7,9-10H,2-5,8H2,1H3. The van der Waals surface area contributed by atoms with Crippen LogP contribution in [0.2, 0.25) is 0 Å². The normalized spacial score (nSPS) is 29.4. The Morgan fingerprint density at radius 1 is 1.46 bits per heavy atom. The maximum Gasteiger partial charge on any atom is 0.276 e. The molecule has 0 aliphatic heterocycles. The summed E-state index contributed by atoms with van der Waals surface area (Å²) in [4.78, 5) is 0. The molecule has 0 aromatic carbocycles. The highest BCUT2D eigenvalue weighted by Gasteiger charge is 2.24. The summed E-state index contributed by atoms with van der Waals surface area (Å²) in [7, 11) is -1.90. The molecule has 2 atom stereocenters. The van der Waals surface area contributed by atoms with Crippen molar-refractivity contribution in [1.29, 1.82) is 0 Å². The first-order valence-corrected chi connectivity index (χ1v) is 5.97. The average molecular weight is 207 g/mol. The molecule has 6 heteroatoms. The lowest BCUT2D eigenvalue weighted by Crippen LogP contribution is -2.40. The van der Waals surface area contributed by atoms with Gasteiger partial charge in [-0.05, 0) is 18.8 Å². The Morgan fingerprint density at radius 3 is 2.62 bits per heavy atom. The fraction of sp³-hybridized carbons (Fsp3) is 1.00. The molecule has 78 valence electrons. The van der Waals surface area contributed by atoms with E-state index in [0.717, 1.165) is 19.3 Å². The van der Waals surface area contributed by atoms with E-state index in [9.17, 15) is 8.42 Å². The van der Waals surface area contributed by atoms with Gasteiger partial charge in [0.2, 0.25) is 0 Å². The van der Waals surface area contributed by atoms with Crippen molar-refractivity contribution in [3.63, 3.8) is 0 Å². The Balaban J connectivity index is 2.34. The minimum absolute atomic E-state index is 0.152. The van der Waals surface area contributed by atoms with E-state index < -0.39 is 10.2 Å². The topological polar surface area (TPSA) is 84.2 Å². The van der Waals surface area contributed by atoms with E-state index in [-0.39, 0.29) is 6.04 Å². The molecule has 0 amide bonds. The van der Waals surface area contributed by atoms with Gasteiger partial charge in [-0.2, -0.15) is 8.42 Å². The van der Waals surface area contributed by atoms with Crippen molar-refractivity contribution in [1.82, 2.24) is 9.44 Å². The van der Waals surface area contributed by atoms with Gasteiger partial charge in [-0.1, -0.05) is 6.42 Å². The summed E-state index contributed by atoms with van der Waals surface area (Å²) in [5, 5.41) is 0. The van der Waals surface area contributed by atoms with E-state index in [1.165, 1.54) is 7.05 Å². The minimum atomic E-state index is -3.29. The number of rotatable bonds is 4. The lowest BCUT2D eigenvalue weighted by atomic mass is 10.1. The SMILES string of the molecule is CNS(=O)(=O)NCC1CCCC1N. The zero-order valence-electron chi connectivity index (χ0n) is 7.79. The molecule has 0 aromatic rings. The van der Waals surface area contributed by atoms with Gasteiger partial charge in [-0.3, -0.25) is 0 Å². The van der Waals surface area contributed by atoms with Gasteiger partial charge in [0.15, 0.2) is 0 Å².